The largest absolute Gasteiger partial charge is 0.504 e. The standard InChI is InChI=1S/C32H31NO4/c1-35-31-16-24-12-13-33-19-26-17-30(36-20-22-8-4-2-5-9-22)29(34)15-25(26)14-28(33)27(24)18-32(31)37-21-23-10-6-3-7-11-23/h2-11,15-18,28,34H,12-14,19-21H2,1H3/t28-/m0/s1. The van der Waals surface area contributed by atoms with Crippen LogP contribution in [-0.4, -0.2) is 23.7 Å². The highest BCUT2D eigenvalue weighted by molar-refractivity contribution is 5.52. The fourth-order valence-electron chi connectivity index (χ4n) is 5.47. The molecule has 6 rings (SSSR count). The molecular weight excluding hydrogens is 462 g/mol. The van der Waals surface area contributed by atoms with Gasteiger partial charge in [-0.1, -0.05) is 60.7 Å². The lowest BCUT2D eigenvalue weighted by Gasteiger charge is -2.41. The van der Waals surface area contributed by atoms with Gasteiger partial charge in [-0.15, -0.1) is 0 Å². The van der Waals surface area contributed by atoms with Crippen molar-refractivity contribution in [3.8, 4) is 23.0 Å². The van der Waals surface area contributed by atoms with E-state index in [0.29, 0.717) is 19.0 Å². The molecule has 0 saturated carbocycles. The van der Waals surface area contributed by atoms with Gasteiger partial charge in [0.2, 0.25) is 0 Å². The van der Waals surface area contributed by atoms with Crippen molar-refractivity contribution in [2.24, 2.45) is 0 Å². The first-order valence-electron chi connectivity index (χ1n) is 12.8. The molecule has 5 nitrogen and oxygen atoms in total. The third-order valence-electron chi connectivity index (χ3n) is 7.44. The van der Waals surface area contributed by atoms with Crippen LogP contribution in [-0.2, 0) is 32.6 Å². The van der Waals surface area contributed by atoms with E-state index >= 15 is 0 Å². The zero-order valence-corrected chi connectivity index (χ0v) is 21.0. The highest BCUT2D eigenvalue weighted by Gasteiger charge is 2.34. The minimum atomic E-state index is 0.195. The van der Waals surface area contributed by atoms with Gasteiger partial charge in [-0.25, -0.2) is 0 Å². The Morgan fingerprint density at radius 1 is 0.757 bits per heavy atom. The number of hydrogen-bond donors (Lipinski definition) is 1. The van der Waals surface area contributed by atoms with Crippen LogP contribution >= 0.6 is 0 Å². The molecule has 2 aliphatic rings. The van der Waals surface area contributed by atoms with Gasteiger partial charge >= 0.3 is 0 Å². The predicted molar refractivity (Wildman–Crippen MR) is 143 cm³/mol. The fourth-order valence-corrected chi connectivity index (χ4v) is 5.47. The summed E-state index contributed by atoms with van der Waals surface area (Å²) in [6.07, 6.45) is 1.80. The molecule has 0 spiro atoms. The average molecular weight is 494 g/mol. The van der Waals surface area contributed by atoms with Gasteiger partial charge in [-0.05, 0) is 70.5 Å². The first kappa shape index (κ1) is 23.4. The van der Waals surface area contributed by atoms with Gasteiger partial charge in [0.1, 0.15) is 13.2 Å². The molecule has 0 radical (unpaired) electrons. The van der Waals surface area contributed by atoms with Crippen LogP contribution in [0.4, 0.5) is 0 Å². The number of nitrogens with zero attached hydrogens (tertiary/aromatic N) is 1. The maximum absolute atomic E-state index is 10.8. The molecule has 0 saturated heterocycles. The number of aromatic hydroxyl groups is 1. The van der Waals surface area contributed by atoms with Gasteiger partial charge in [0.25, 0.3) is 0 Å². The van der Waals surface area contributed by atoms with Crippen molar-refractivity contribution < 1.29 is 19.3 Å². The average Bonchev–Trinajstić information content (AvgIpc) is 2.94. The Labute approximate surface area is 217 Å². The van der Waals surface area contributed by atoms with Crippen molar-refractivity contribution in [3.63, 3.8) is 0 Å². The van der Waals surface area contributed by atoms with E-state index in [4.69, 9.17) is 14.2 Å². The zero-order valence-electron chi connectivity index (χ0n) is 21.0. The SMILES string of the molecule is COc1cc2c(cc1OCc1ccccc1)[C@@H]1Cc3cc(O)c(OCc4ccccc4)cc3CN1CC2. The van der Waals surface area contributed by atoms with Crippen molar-refractivity contribution in [1.82, 2.24) is 4.90 Å². The van der Waals surface area contributed by atoms with E-state index in [1.54, 1.807) is 7.11 Å². The summed E-state index contributed by atoms with van der Waals surface area (Å²) in [6, 6.07) is 28.6. The lowest BCUT2D eigenvalue weighted by Crippen LogP contribution is -2.39. The first-order valence-corrected chi connectivity index (χ1v) is 12.8. The summed E-state index contributed by atoms with van der Waals surface area (Å²) in [5.74, 6) is 2.28. The van der Waals surface area contributed by atoms with Crippen LogP contribution in [0.3, 0.4) is 0 Å². The lowest BCUT2D eigenvalue weighted by atomic mass is 9.83. The molecule has 0 aliphatic carbocycles. The minimum Gasteiger partial charge on any atom is -0.504 e. The molecule has 0 bridgehead atoms. The maximum atomic E-state index is 10.8. The second-order valence-electron chi connectivity index (χ2n) is 9.78. The van der Waals surface area contributed by atoms with Crippen LogP contribution in [0.25, 0.3) is 0 Å². The van der Waals surface area contributed by atoms with E-state index in [0.717, 1.165) is 48.6 Å². The molecule has 0 fully saturated rings. The topological polar surface area (TPSA) is 51.2 Å². The summed E-state index contributed by atoms with van der Waals surface area (Å²) in [6.45, 7) is 2.73. The molecule has 0 unspecified atom stereocenters. The van der Waals surface area contributed by atoms with Gasteiger partial charge in [-0.2, -0.15) is 0 Å². The first-order chi connectivity index (χ1) is 18.2. The molecule has 4 aromatic rings. The Hall–Kier alpha value is -3.96. The molecule has 5 heteroatoms. The van der Waals surface area contributed by atoms with Crippen molar-refractivity contribution in [1.29, 1.82) is 0 Å². The van der Waals surface area contributed by atoms with Crippen molar-refractivity contribution >= 4 is 0 Å². The highest BCUT2D eigenvalue weighted by Crippen LogP contribution is 2.44. The van der Waals surface area contributed by atoms with Crippen molar-refractivity contribution in [2.75, 3.05) is 13.7 Å². The smallest absolute Gasteiger partial charge is 0.162 e. The van der Waals surface area contributed by atoms with Gasteiger partial charge in [0.05, 0.1) is 7.11 Å². The minimum absolute atomic E-state index is 0.195. The Morgan fingerprint density at radius 3 is 2.08 bits per heavy atom. The predicted octanol–water partition coefficient (Wildman–Crippen LogP) is 6.21. The van der Waals surface area contributed by atoms with Crippen molar-refractivity contribution in [2.45, 2.75) is 38.6 Å². The second-order valence-corrected chi connectivity index (χ2v) is 9.78. The van der Waals surface area contributed by atoms with Crippen LogP contribution in [0.5, 0.6) is 23.0 Å². The zero-order chi connectivity index (χ0) is 25.2. The second kappa shape index (κ2) is 10.2. The molecule has 0 aromatic heterocycles. The molecule has 4 aromatic carbocycles. The van der Waals surface area contributed by atoms with Gasteiger partial charge in [0.15, 0.2) is 23.0 Å². The van der Waals surface area contributed by atoms with E-state index in [1.165, 1.54) is 22.3 Å². The third-order valence-corrected chi connectivity index (χ3v) is 7.44. The normalized spacial score (nSPS) is 16.3. The van der Waals surface area contributed by atoms with E-state index in [9.17, 15) is 5.11 Å². The van der Waals surface area contributed by atoms with Crippen molar-refractivity contribution in [3.05, 3.63) is 118 Å². The number of rotatable bonds is 7. The number of phenols is 1. The summed E-state index contributed by atoms with van der Waals surface area (Å²) in [5, 5.41) is 10.8. The van der Waals surface area contributed by atoms with Crippen LogP contribution in [0.2, 0.25) is 0 Å². The molecule has 1 atom stereocenters. The summed E-state index contributed by atoms with van der Waals surface area (Å²) in [7, 11) is 1.70. The van der Waals surface area contributed by atoms with E-state index in [-0.39, 0.29) is 11.8 Å². The quantitative estimate of drug-likeness (QED) is 0.332. The summed E-state index contributed by atoms with van der Waals surface area (Å²) < 4.78 is 17.9. The van der Waals surface area contributed by atoms with E-state index in [2.05, 4.69) is 29.2 Å². The number of fused-ring (bicyclic) bond motifs is 4. The van der Waals surface area contributed by atoms with Crippen LogP contribution in [0, 0.1) is 0 Å². The Bertz CT molecular complexity index is 1390. The number of phenolic OH excluding ortho intramolecular Hbond substituents is 1. The summed E-state index contributed by atoms with van der Waals surface area (Å²) in [4.78, 5) is 2.52. The third kappa shape index (κ3) is 4.87. The Morgan fingerprint density at radius 2 is 1.41 bits per heavy atom. The Balaban J connectivity index is 1.24. The summed E-state index contributed by atoms with van der Waals surface area (Å²) >= 11 is 0. The lowest BCUT2D eigenvalue weighted by molar-refractivity contribution is 0.159. The van der Waals surface area contributed by atoms with Crippen LogP contribution < -0.4 is 14.2 Å². The Kier molecular flexibility index (Phi) is 6.46. The van der Waals surface area contributed by atoms with Gasteiger partial charge in [-0.3, -0.25) is 4.90 Å². The highest BCUT2D eigenvalue weighted by atomic mass is 16.5. The molecule has 2 aliphatic heterocycles. The number of hydrogen-bond acceptors (Lipinski definition) is 5. The molecule has 1 N–H and O–H groups in total. The fraction of sp³-hybridized carbons (Fsp3) is 0.250. The van der Waals surface area contributed by atoms with Gasteiger partial charge < -0.3 is 19.3 Å². The molecular formula is C32H31NO4. The van der Waals surface area contributed by atoms with E-state index < -0.39 is 0 Å². The van der Waals surface area contributed by atoms with Crippen LogP contribution in [0.1, 0.15) is 39.4 Å². The van der Waals surface area contributed by atoms with E-state index in [1.807, 2.05) is 60.7 Å². The molecule has 0 amide bonds. The van der Waals surface area contributed by atoms with Crippen LogP contribution in [0.15, 0.2) is 84.9 Å². The van der Waals surface area contributed by atoms with Gasteiger partial charge in [0, 0.05) is 19.1 Å². The maximum Gasteiger partial charge on any atom is 0.162 e. The number of benzene rings is 4. The number of methoxy groups -OCH3 is 1. The number of ether oxygens (including phenoxy) is 3. The monoisotopic (exact) mass is 493 g/mol. The molecule has 2 heterocycles. The molecule has 188 valence electrons. The summed E-state index contributed by atoms with van der Waals surface area (Å²) in [5.41, 5.74) is 7.17. The molecule has 37 heavy (non-hydrogen) atoms.